The molecule has 1 aromatic rings. The average molecular weight is 211 g/mol. The topological polar surface area (TPSA) is 56.0 Å². The second kappa shape index (κ2) is 5.38. The van der Waals surface area contributed by atoms with Crippen LogP contribution in [0.2, 0.25) is 0 Å². The Hall–Kier alpha value is -1.52. The number of aromatic nitrogens is 2. The van der Waals surface area contributed by atoms with Gasteiger partial charge in [0.25, 0.3) is 0 Å². The van der Waals surface area contributed by atoms with E-state index in [0.717, 1.165) is 13.0 Å². The number of rotatable bonds is 5. The zero-order chi connectivity index (χ0) is 11.3. The fourth-order valence-corrected chi connectivity index (χ4v) is 1.38. The van der Waals surface area contributed by atoms with E-state index in [9.17, 15) is 9.59 Å². The van der Waals surface area contributed by atoms with Crippen LogP contribution in [0.1, 0.15) is 19.8 Å². The Bertz CT molecular complexity index is 378. The summed E-state index contributed by atoms with van der Waals surface area (Å²) >= 11 is 0. The maximum Gasteiger partial charge on any atom is 0.328 e. The summed E-state index contributed by atoms with van der Waals surface area (Å²) in [7, 11) is 1.59. The van der Waals surface area contributed by atoms with Crippen LogP contribution in [-0.2, 0) is 17.9 Å². The molecule has 0 radical (unpaired) electrons. The molecule has 1 heterocycles. The highest BCUT2D eigenvalue weighted by molar-refractivity contribution is 5.75. The molecular formula is C10H17N3O2. The summed E-state index contributed by atoms with van der Waals surface area (Å²) < 4.78 is 3.22. The number of amides is 1. The molecule has 15 heavy (non-hydrogen) atoms. The van der Waals surface area contributed by atoms with E-state index in [1.165, 1.54) is 0 Å². The molecule has 0 aliphatic rings. The van der Waals surface area contributed by atoms with Gasteiger partial charge < -0.3 is 5.32 Å². The predicted octanol–water partition coefficient (Wildman–Crippen LogP) is 0.196. The molecule has 5 nitrogen and oxygen atoms in total. The van der Waals surface area contributed by atoms with Crippen LogP contribution < -0.4 is 11.0 Å². The molecule has 5 heteroatoms. The molecule has 1 rings (SSSR count). The number of nitrogens with zero attached hydrogens (tertiary/aromatic N) is 2. The average Bonchev–Trinajstić information content (AvgIpc) is 2.58. The Kier molecular flexibility index (Phi) is 4.15. The van der Waals surface area contributed by atoms with E-state index in [1.54, 1.807) is 28.6 Å². The molecule has 0 fully saturated rings. The van der Waals surface area contributed by atoms with Crippen molar-refractivity contribution in [2.45, 2.75) is 32.9 Å². The minimum absolute atomic E-state index is 0.0410. The number of carbonyl (C=O) groups is 1. The Labute approximate surface area is 88.7 Å². The van der Waals surface area contributed by atoms with E-state index in [1.807, 2.05) is 6.92 Å². The Morgan fingerprint density at radius 2 is 1.93 bits per heavy atom. The number of hydrogen-bond donors (Lipinski definition) is 1. The number of hydrogen-bond acceptors (Lipinski definition) is 2. The van der Waals surface area contributed by atoms with E-state index < -0.39 is 0 Å². The first-order valence-electron chi connectivity index (χ1n) is 5.15. The normalized spacial score (nSPS) is 10.3. The van der Waals surface area contributed by atoms with Crippen molar-refractivity contribution in [2.24, 2.45) is 0 Å². The highest BCUT2D eigenvalue weighted by Crippen LogP contribution is 1.91. The van der Waals surface area contributed by atoms with Gasteiger partial charge in [-0.25, -0.2) is 4.79 Å². The Morgan fingerprint density at radius 1 is 1.33 bits per heavy atom. The third kappa shape index (κ3) is 2.97. The van der Waals surface area contributed by atoms with Crippen LogP contribution in [0.4, 0.5) is 0 Å². The molecule has 0 aliphatic carbocycles. The van der Waals surface area contributed by atoms with Crippen LogP contribution in [0.5, 0.6) is 0 Å². The van der Waals surface area contributed by atoms with E-state index in [0.29, 0.717) is 13.0 Å². The van der Waals surface area contributed by atoms with Gasteiger partial charge in [0.2, 0.25) is 5.91 Å². The lowest BCUT2D eigenvalue weighted by Crippen LogP contribution is -2.26. The molecule has 1 amide bonds. The molecule has 1 aromatic heterocycles. The van der Waals surface area contributed by atoms with E-state index in [4.69, 9.17) is 0 Å². The molecule has 0 aliphatic heterocycles. The van der Waals surface area contributed by atoms with E-state index >= 15 is 0 Å². The van der Waals surface area contributed by atoms with Crippen LogP contribution >= 0.6 is 0 Å². The molecular weight excluding hydrogens is 194 g/mol. The summed E-state index contributed by atoms with van der Waals surface area (Å²) in [6.07, 6.45) is 4.75. The summed E-state index contributed by atoms with van der Waals surface area (Å²) in [4.78, 5) is 22.6. The van der Waals surface area contributed by atoms with Gasteiger partial charge in [0.15, 0.2) is 0 Å². The maximum atomic E-state index is 11.7. The van der Waals surface area contributed by atoms with Gasteiger partial charge in [-0.1, -0.05) is 6.92 Å². The van der Waals surface area contributed by atoms with Gasteiger partial charge in [-0.3, -0.25) is 13.9 Å². The molecule has 0 spiro atoms. The molecule has 84 valence electrons. The number of imidazole rings is 1. The smallest absolute Gasteiger partial charge is 0.328 e. The minimum Gasteiger partial charge on any atom is -0.359 e. The Balaban J connectivity index is 2.62. The number of nitrogens with one attached hydrogen (secondary N) is 1. The van der Waals surface area contributed by atoms with Gasteiger partial charge >= 0.3 is 5.69 Å². The minimum atomic E-state index is -0.0508. The zero-order valence-electron chi connectivity index (χ0n) is 9.19. The summed E-state index contributed by atoms with van der Waals surface area (Å²) in [6, 6.07) is 0. The number of aryl methyl sites for hydroxylation is 2. The monoisotopic (exact) mass is 211 g/mol. The van der Waals surface area contributed by atoms with Gasteiger partial charge in [0.05, 0.1) is 0 Å². The summed E-state index contributed by atoms with van der Waals surface area (Å²) in [5.41, 5.74) is -0.0410. The van der Waals surface area contributed by atoms with Crippen molar-refractivity contribution in [1.82, 2.24) is 14.5 Å². The van der Waals surface area contributed by atoms with Gasteiger partial charge in [0, 0.05) is 39.0 Å². The van der Waals surface area contributed by atoms with Crippen molar-refractivity contribution in [3.05, 3.63) is 22.9 Å². The molecule has 0 unspecified atom stereocenters. The lowest BCUT2D eigenvalue weighted by atomic mass is 10.4. The second-order valence-corrected chi connectivity index (χ2v) is 3.39. The van der Waals surface area contributed by atoms with Crippen LogP contribution in [0, 0.1) is 0 Å². The lowest BCUT2D eigenvalue weighted by Gasteiger charge is -2.00. The third-order valence-electron chi connectivity index (χ3n) is 2.24. The predicted molar refractivity (Wildman–Crippen MR) is 57.7 cm³/mol. The van der Waals surface area contributed by atoms with Crippen molar-refractivity contribution in [3.8, 4) is 0 Å². The van der Waals surface area contributed by atoms with Crippen LogP contribution in [0.25, 0.3) is 0 Å². The van der Waals surface area contributed by atoms with E-state index in [2.05, 4.69) is 5.32 Å². The third-order valence-corrected chi connectivity index (χ3v) is 2.24. The summed E-state index contributed by atoms with van der Waals surface area (Å²) in [5, 5.41) is 2.53. The number of carbonyl (C=O) groups excluding carboxylic acids is 1. The first kappa shape index (κ1) is 11.6. The van der Waals surface area contributed by atoms with Gasteiger partial charge in [-0.05, 0) is 6.42 Å². The molecule has 0 atom stereocenters. The molecule has 1 N–H and O–H groups in total. The standard InChI is InChI=1S/C10H17N3O2/c1-3-5-12-7-8-13(10(12)15)6-4-9(14)11-2/h7-8H,3-6H2,1-2H3,(H,11,14). The lowest BCUT2D eigenvalue weighted by molar-refractivity contribution is -0.120. The van der Waals surface area contributed by atoms with Crippen molar-refractivity contribution >= 4 is 5.91 Å². The molecule has 0 saturated heterocycles. The Morgan fingerprint density at radius 3 is 2.47 bits per heavy atom. The second-order valence-electron chi connectivity index (χ2n) is 3.39. The highest BCUT2D eigenvalue weighted by atomic mass is 16.2. The van der Waals surface area contributed by atoms with Crippen molar-refractivity contribution in [1.29, 1.82) is 0 Å². The highest BCUT2D eigenvalue weighted by Gasteiger charge is 2.04. The first-order valence-corrected chi connectivity index (χ1v) is 5.15. The van der Waals surface area contributed by atoms with Crippen LogP contribution in [0.15, 0.2) is 17.2 Å². The summed E-state index contributed by atoms with van der Waals surface area (Å²) in [6.45, 7) is 3.19. The fourth-order valence-electron chi connectivity index (χ4n) is 1.38. The molecule has 0 bridgehead atoms. The zero-order valence-corrected chi connectivity index (χ0v) is 9.19. The van der Waals surface area contributed by atoms with Crippen LogP contribution in [0.3, 0.4) is 0 Å². The van der Waals surface area contributed by atoms with Crippen molar-refractivity contribution in [3.63, 3.8) is 0 Å². The SMILES string of the molecule is CCCn1ccn(CCC(=O)NC)c1=O. The molecule has 0 saturated carbocycles. The largest absolute Gasteiger partial charge is 0.359 e. The summed E-state index contributed by atoms with van der Waals surface area (Å²) in [5.74, 6) is -0.0508. The van der Waals surface area contributed by atoms with Crippen LogP contribution in [-0.4, -0.2) is 22.1 Å². The quantitative estimate of drug-likeness (QED) is 0.756. The van der Waals surface area contributed by atoms with Gasteiger partial charge in [-0.2, -0.15) is 0 Å². The first-order chi connectivity index (χ1) is 7.19. The van der Waals surface area contributed by atoms with Gasteiger partial charge in [-0.15, -0.1) is 0 Å². The van der Waals surface area contributed by atoms with Gasteiger partial charge in [0.1, 0.15) is 0 Å². The van der Waals surface area contributed by atoms with E-state index in [-0.39, 0.29) is 11.6 Å². The van der Waals surface area contributed by atoms with Crippen molar-refractivity contribution < 1.29 is 4.79 Å². The fraction of sp³-hybridized carbons (Fsp3) is 0.600. The molecule has 0 aromatic carbocycles. The maximum absolute atomic E-state index is 11.7. The van der Waals surface area contributed by atoms with Crippen molar-refractivity contribution in [2.75, 3.05) is 7.05 Å².